The van der Waals surface area contributed by atoms with Crippen molar-refractivity contribution in [2.45, 2.75) is 40.0 Å². The van der Waals surface area contributed by atoms with Gasteiger partial charge in [0.2, 0.25) is 0 Å². The Morgan fingerprint density at radius 2 is 2.00 bits per heavy atom. The third-order valence-corrected chi connectivity index (χ3v) is 5.19. The lowest BCUT2D eigenvalue weighted by Crippen LogP contribution is -2.51. The Labute approximate surface area is 88.7 Å². The quantitative estimate of drug-likeness (QED) is 0.714. The fraction of sp³-hybridized carbons (Fsp3) is 1.00. The Kier molecular flexibility index (Phi) is 2.63. The molecule has 1 N–H and O–H groups in total. The lowest BCUT2D eigenvalue weighted by atomic mass is 9.49. The summed E-state index contributed by atoms with van der Waals surface area (Å²) in [6.45, 7) is 8.64. The summed E-state index contributed by atoms with van der Waals surface area (Å²) in [5.74, 6) is 4.01. The van der Waals surface area contributed by atoms with Crippen LogP contribution in [0.15, 0.2) is 0 Å². The monoisotopic (exact) mass is 195 g/mol. The van der Waals surface area contributed by atoms with Crippen molar-refractivity contribution in [3.8, 4) is 0 Å². The molecule has 0 radical (unpaired) electrons. The van der Waals surface area contributed by atoms with Crippen molar-refractivity contribution in [1.29, 1.82) is 0 Å². The van der Waals surface area contributed by atoms with E-state index in [4.69, 9.17) is 0 Å². The maximum Gasteiger partial charge on any atom is -0.00207 e. The van der Waals surface area contributed by atoms with Crippen LogP contribution in [0.1, 0.15) is 40.0 Å². The highest BCUT2D eigenvalue weighted by molar-refractivity contribution is 5.00. The van der Waals surface area contributed by atoms with Crippen LogP contribution in [-0.4, -0.2) is 13.6 Å². The molecule has 14 heavy (non-hydrogen) atoms. The van der Waals surface area contributed by atoms with Crippen LogP contribution in [-0.2, 0) is 0 Å². The molecule has 0 bridgehead atoms. The minimum Gasteiger partial charge on any atom is -0.319 e. The van der Waals surface area contributed by atoms with Gasteiger partial charge in [-0.3, -0.25) is 0 Å². The molecule has 0 heterocycles. The standard InChI is InChI=1S/C13H25N/c1-9-12-7-10(8-14-4)11(12)5-6-13(9,2)3/h9-12,14H,5-8H2,1-4H3/t9-,10?,11?,12-/m1/s1. The van der Waals surface area contributed by atoms with Gasteiger partial charge in [0.1, 0.15) is 0 Å². The van der Waals surface area contributed by atoms with Crippen molar-refractivity contribution in [2.75, 3.05) is 13.6 Å². The van der Waals surface area contributed by atoms with E-state index in [1.54, 1.807) is 0 Å². The third kappa shape index (κ3) is 1.50. The first-order chi connectivity index (χ1) is 6.56. The first kappa shape index (κ1) is 10.5. The molecule has 4 atom stereocenters. The molecule has 2 fully saturated rings. The van der Waals surface area contributed by atoms with Gasteiger partial charge < -0.3 is 5.32 Å². The molecule has 2 unspecified atom stereocenters. The van der Waals surface area contributed by atoms with Gasteiger partial charge in [-0.2, -0.15) is 0 Å². The van der Waals surface area contributed by atoms with E-state index in [0.717, 1.165) is 23.7 Å². The highest BCUT2D eigenvalue weighted by Gasteiger charge is 2.50. The zero-order chi connectivity index (χ0) is 10.3. The topological polar surface area (TPSA) is 12.0 Å². The van der Waals surface area contributed by atoms with Gasteiger partial charge in [-0.05, 0) is 61.9 Å². The number of nitrogens with one attached hydrogen (secondary N) is 1. The van der Waals surface area contributed by atoms with Crippen molar-refractivity contribution in [2.24, 2.45) is 29.1 Å². The molecule has 0 aliphatic heterocycles. The van der Waals surface area contributed by atoms with Crippen LogP contribution in [0.25, 0.3) is 0 Å². The largest absolute Gasteiger partial charge is 0.319 e. The minimum atomic E-state index is 0.603. The maximum atomic E-state index is 3.34. The molecule has 2 rings (SSSR count). The molecule has 1 heteroatoms. The highest BCUT2D eigenvalue weighted by Crippen LogP contribution is 2.57. The predicted molar refractivity (Wildman–Crippen MR) is 61.2 cm³/mol. The van der Waals surface area contributed by atoms with Crippen LogP contribution in [0.4, 0.5) is 0 Å². The average Bonchev–Trinajstić information content (AvgIpc) is 2.08. The molecule has 0 aromatic heterocycles. The van der Waals surface area contributed by atoms with Crippen LogP contribution < -0.4 is 5.32 Å². The zero-order valence-electron chi connectivity index (χ0n) is 10.1. The van der Waals surface area contributed by atoms with Crippen molar-refractivity contribution in [1.82, 2.24) is 5.32 Å². The predicted octanol–water partition coefficient (Wildman–Crippen LogP) is 2.91. The molecule has 0 aromatic rings. The van der Waals surface area contributed by atoms with Crippen molar-refractivity contribution >= 4 is 0 Å². The summed E-state index contributed by atoms with van der Waals surface area (Å²) in [5, 5.41) is 3.34. The van der Waals surface area contributed by atoms with Gasteiger partial charge in [0.05, 0.1) is 0 Å². The lowest BCUT2D eigenvalue weighted by molar-refractivity contribution is -0.0683. The van der Waals surface area contributed by atoms with Gasteiger partial charge in [0, 0.05) is 0 Å². The molecule has 2 aliphatic rings. The normalized spacial score (nSPS) is 45.4. The first-order valence-electron chi connectivity index (χ1n) is 6.21. The second kappa shape index (κ2) is 3.52. The third-order valence-electron chi connectivity index (χ3n) is 5.19. The summed E-state index contributed by atoms with van der Waals surface area (Å²) in [5.41, 5.74) is 0.603. The van der Waals surface area contributed by atoms with E-state index in [1.165, 1.54) is 25.8 Å². The zero-order valence-corrected chi connectivity index (χ0v) is 10.1. The molecule has 82 valence electrons. The summed E-state index contributed by atoms with van der Waals surface area (Å²) in [4.78, 5) is 0. The summed E-state index contributed by atoms with van der Waals surface area (Å²) in [6, 6.07) is 0. The van der Waals surface area contributed by atoms with Crippen LogP contribution in [0, 0.1) is 29.1 Å². The van der Waals surface area contributed by atoms with E-state index in [1.807, 2.05) is 0 Å². The van der Waals surface area contributed by atoms with Gasteiger partial charge in [-0.1, -0.05) is 20.8 Å². The van der Waals surface area contributed by atoms with Gasteiger partial charge in [0.15, 0.2) is 0 Å². The number of rotatable bonds is 2. The van der Waals surface area contributed by atoms with E-state index in [-0.39, 0.29) is 0 Å². The Hall–Kier alpha value is -0.0400. The fourth-order valence-corrected chi connectivity index (χ4v) is 3.72. The first-order valence-corrected chi connectivity index (χ1v) is 6.21. The number of hydrogen-bond donors (Lipinski definition) is 1. The van der Waals surface area contributed by atoms with E-state index >= 15 is 0 Å². The molecule has 0 amide bonds. The maximum absolute atomic E-state index is 3.34. The van der Waals surface area contributed by atoms with Crippen molar-refractivity contribution in [3.63, 3.8) is 0 Å². The molecule has 0 saturated heterocycles. The van der Waals surface area contributed by atoms with E-state index < -0.39 is 0 Å². The lowest BCUT2D eigenvalue weighted by Gasteiger charge is -2.56. The van der Waals surface area contributed by atoms with Crippen LogP contribution in [0.3, 0.4) is 0 Å². The Morgan fingerprint density at radius 1 is 1.29 bits per heavy atom. The SMILES string of the molecule is CNCC1C[C@H]2C1CCC(C)(C)[C@@H]2C. The number of fused-ring (bicyclic) bond motifs is 1. The van der Waals surface area contributed by atoms with Gasteiger partial charge in [-0.25, -0.2) is 0 Å². The molecule has 2 saturated carbocycles. The molecular formula is C13H25N. The van der Waals surface area contributed by atoms with Crippen molar-refractivity contribution in [3.05, 3.63) is 0 Å². The molecule has 0 spiro atoms. The molecular weight excluding hydrogens is 170 g/mol. The Bertz CT molecular complexity index is 209. The van der Waals surface area contributed by atoms with E-state index in [2.05, 4.69) is 33.1 Å². The summed E-state index contributed by atoms with van der Waals surface area (Å²) >= 11 is 0. The molecule has 0 aromatic carbocycles. The molecule has 2 aliphatic carbocycles. The van der Waals surface area contributed by atoms with Crippen LogP contribution in [0.5, 0.6) is 0 Å². The van der Waals surface area contributed by atoms with E-state index in [9.17, 15) is 0 Å². The average molecular weight is 195 g/mol. The van der Waals surface area contributed by atoms with Gasteiger partial charge in [0.25, 0.3) is 0 Å². The second-order valence-electron chi connectivity index (χ2n) is 6.20. The molecule has 1 nitrogen and oxygen atoms in total. The van der Waals surface area contributed by atoms with Crippen LogP contribution >= 0.6 is 0 Å². The van der Waals surface area contributed by atoms with Crippen molar-refractivity contribution < 1.29 is 0 Å². The van der Waals surface area contributed by atoms with Gasteiger partial charge in [-0.15, -0.1) is 0 Å². The minimum absolute atomic E-state index is 0.603. The fourth-order valence-electron chi connectivity index (χ4n) is 3.72. The highest BCUT2D eigenvalue weighted by atomic mass is 14.8. The Morgan fingerprint density at radius 3 is 2.64 bits per heavy atom. The van der Waals surface area contributed by atoms with Crippen LogP contribution in [0.2, 0.25) is 0 Å². The smallest absolute Gasteiger partial charge is 0.00207 e. The van der Waals surface area contributed by atoms with E-state index in [0.29, 0.717) is 5.41 Å². The Balaban J connectivity index is 1.96. The number of hydrogen-bond acceptors (Lipinski definition) is 1. The van der Waals surface area contributed by atoms with Gasteiger partial charge >= 0.3 is 0 Å². The summed E-state index contributed by atoms with van der Waals surface area (Å²) in [7, 11) is 2.09. The second-order valence-corrected chi connectivity index (χ2v) is 6.20. The summed E-state index contributed by atoms with van der Waals surface area (Å²) in [6.07, 6.45) is 4.40. The summed E-state index contributed by atoms with van der Waals surface area (Å²) < 4.78 is 0.